The van der Waals surface area contributed by atoms with Crippen molar-refractivity contribution in [1.29, 1.82) is 0 Å². The van der Waals surface area contributed by atoms with Gasteiger partial charge in [0.2, 0.25) is 5.91 Å². The Morgan fingerprint density at radius 3 is 3.07 bits per heavy atom. The summed E-state index contributed by atoms with van der Waals surface area (Å²) in [5.41, 5.74) is 0.931. The fraction of sp³-hybridized carbons (Fsp3) is 0.500. The first-order valence-corrected chi connectivity index (χ1v) is 5.65. The quantitative estimate of drug-likeness (QED) is 0.782. The van der Waals surface area contributed by atoms with E-state index in [1.165, 1.54) is 0 Å². The third-order valence-electron chi connectivity index (χ3n) is 1.99. The maximum absolute atomic E-state index is 10.9. The highest BCUT2D eigenvalue weighted by Crippen LogP contribution is 2.18. The lowest BCUT2D eigenvalue weighted by molar-refractivity contribution is -0.120. The Labute approximate surface area is 87.8 Å². The molecule has 0 radical (unpaired) electrons. The molecular weight excluding hydrogens is 198 g/mol. The van der Waals surface area contributed by atoms with E-state index in [0.717, 1.165) is 5.56 Å². The molecule has 0 aliphatic heterocycles. The van der Waals surface area contributed by atoms with E-state index in [1.807, 2.05) is 23.8 Å². The number of carbonyl (C=O) groups is 1. The van der Waals surface area contributed by atoms with Crippen LogP contribution in [0.1, 0.15) is 31.4 Å². The van der Waals surface area contributed by atoms with E-state index in [2.05, 4.69) is 5.32 Å². The monoisotopic (exact) mass is 213 g/mol. The molecule has 0 saturated heterocycles. The lowest BCUT2D eigenvalue weighted by atomic mass is 10.1. The predicted octanol–water partition coefficient (Wildman–Crippen LogP) is 1.70. The summed E-state index contributed by atoms with van der Waals surface area (Å²) in [6.07, 6.45) is 0.607. The Morgan fingerprint density at radius 1 is 1.71 bits per heavy atom. The highest BCUT2D eigenvalue weighted by atomic mass is 32.1. The number of aliphatic hydroxyl groups excluding tert-OH is 1. The van der Waals surface area contributed by atoms with Gasteiger partial charge in [0.25, 0.3) is 0 Å². The molecule has 1 aromatic heterocycles. The van der Waals surface area contributed by atoms with Gasteiger partial charge in [0, 0.05) is 13.0 Å². The molecule has 0 aromatic carbocycles. The second-order valence-corrected chi connectivity index (χ2v) is 3.84. The molecule has 0 bridgehead atoms. The van der Waals surface area contributed by atoms with Crippen LogP contribution in [0.15, 0.2) is 16.8 Å². The van der Waals surface area contributed by atoms with Crippen molar-refractivity contribution >= 4 is 17.2 Å². The van der Waals surface area contributed by atoms with Crippen LogP contribution >= 0.6 is 11.3 Å². The van der Waals surface area contributed by atoms with Crippen molar-refractivity contribution in [1.82, 2.24) is 5.32 Å². The Balaban J connectivity index is 2.22. The number of rotatable bonds is 5. The zero-order chi connectivity index (χ0) is 10.4. The molecule has 1 heterocycles. The average Bonchev–Trinajstić information content (AvgIpc) is 2.70. The Bertz CT molecular complexity index is 272. The first-order valence-electron chi connectivity index (χ1n) is 4.71. The van der Waals surface area contributed by atoms with Crippen LogP contribution < -0.4 is 5.32 Å². The summed E-state index contributed by atoms with van der Waals surface area (Å²) in [5.74, 6) is 0.0301. The minimum Gasteiger partial charge on any atom is -0.388 e. The Morgan fingerprint density at radius 2 is 2.50 bits per heavy atom. The summed E-state index contributed by atoms with van der Waals surface area (Å²) < 4.78 is 0. The molecular formula is C10H15NO2S. The maximum atomic E-state index is 10.9. The van der Waals surface area contributed by atoms with Crippen molar-refractivity contribution in [2.75, 3.05) is 6.54 Å². The van der Waals surface area contributed by atoms with E-state index < -0.39 is 6.10 Å². The molecule has 0 saturated carbocycles. The van der Waals surface area contributed by atoms with E-state index in [4.69, 9.17) is 0 Å². The summed E-state index contributed by atoms with van der Waals surface area (Å²) in [7, 11) is 0. The van der Waals surface area contributed by atoms with Crippen LogP contribution in [0.2, 0.25) is 0 Å². The standard InChI is InChI=1S/C10H15NO2S/c1-2-10(13)11-5-3-9(12)8-4-6-14-7-8/h4,6-7,9,12H,2-3,5H2,1H3,(H,11,13). The van der Waals surface area contributed by atoms with Crippen LogP contribution in [0.25, 0.3) is 0 Å². The number of thiophene rings is 1. The summed E-state index contributed by atoms with van der Waals surface area (Å²) in [5, 5.41) is 16.2. The third-order valence-corrected chi connectivity index (χ3v) is 2.69. The van der Waals surface area contributed by atoms with Gasteiger partial charge in [-0.25, -0.2) is 0 Å². The van der Waals surface area contributed by atoms with Gasteiger partial charge in [0.05, 0.1) is 6.10 Å². The molecule has 3 nitrogen and oxygen atoms in total. The minimum absolute atomic E-state index is 0.0301. The first kappa shape index (κ1) is 11.2. The molecule has 78 valence electrons. The van der Waals surface area contributed by atoms with Crippen LogP contribution in [0.3, 0.4) is 0 Å². The molecule has 0 spiro atoms. The van der Waals surface area contributed by atoms with Gasteiger partial charge in [-0.15, -0.1) is 0 Å². The largest absolute Gasteiger partial charge is 0.388 e. The topological polar surface area (TPSA) is 49.3 Å². The molecule has 4 heteroatoms. The van der Waals surface area contributed by atoms with Crippen LogP contribution in [0, 0.1) is 0 Å². The van der Waals surface area contributed by atoms with Crippen LogP contribution in [-0.2, 0) is 4.79 Å². The summed E-state index contributed by atoms with van der Waals surface area (Å²) in [4.78, 5) is 10.9. The molecule has 1 amide bonds. The molecule has 0 aliphatic rings. The highest BCUT2D eigenvalue weighted by molar-refractivity contribution is 7.07. The highest BCUT2D eigenvalue weighted by Gasteiger charge is 2.07. The molecule has 1 rings (SSSR count). The number of amides is 1. The van der Waals surface area contributed by atoms with E-state index >= 15 is 0 Å². The SMILES string of the molecule is CCC(=O)NCCC(O)c1ccsc1. The maximum Gasteiger partial charge on any atom is 0.219 e. The van der Waals surface area contributed by atoms with Crippen LogP contribution in [-0.4, -0.2) is 17.6 Å². The molecule has 14 heavy (non-hydrogen) atoms. The summed E-state index contributed by atoms with van der Waals surface area (Å²) >= 11 is 1.56. The van der Waals surface area contributed by atoms with E-state index in [9.17, 15) is 9.90 Å². The number of nitrogens with one attached hydrogen (secondary N) is 1. The van der Waals surface area contributed by atoms with Gasteiger partial charge in [0.15, 0.2) is 0 Å². The smallest absolute Gasteiger partial charge is 0.219 e. The number of aliphatic hydroxyl groups is 1. The van der Waals surface area contributed by atoms with Gasteiger partial charge in [-0.2, -0.15) is 11.3 Å². The predicted molar refractivity (Wildman–Crippen MR) is 57.2 cm³/mol. The van der Waals surface area contributed by atoms with Gasteiger partial charge in [-0.1, -0.05) is 6.92 Å². The first-order chi connectivity index (χ1) is 6.74. The van der Waals surface area contributed by atoms with Crippen molar-refractivity contribution in [2.45, 2.75) is 25.9 Å². The van der Waals surface area contributed by atoms with Crippen LogP contribution in [0.4, 0.5) is 0 Å². The lowest BCUT2D eigenvalue weighted by Crippen LogP contribution is -2.24. The van der Waals surface area contributed by atoms with Crippen molar-refractivity contribution < 1.29 is 9.90 Å². The molecule has 1 atom stereocenters. The van der Waals surface area contributed by atoms with Gasteiger partial charge in [0.1, 0.15) is 0 Å². The Hall–Kier alpha value is -0.870. The third kappa shape index (κ3) is 3.47. The normalized spacial score (nSPS) is 12.4. The number of carbonyl (C=O) groups excluding carboxylic acids is 1. The van der Waals surface area contributed by atoms with Crippen molar-refractivity contribution in [2.24, 2.45) is 0 Å². The summed E-state index contributed by atoms with van der Waals surface area (Å²) in [6.45, 7) is 2.34. The molecule has 1 unspecified atom stereocenters. The van der Waals surface area contributed by atoms with E-state index in [1.54, 1.807) is 11.3 Å². The minimum atomic E-state index is -0.460. The number of hydrogen-bond donors (Lipinski definition) is 2. The van der Waals surface area contributed by atoms with Gasteiger partial charge in [-0.05, 0) is 28.8 Å². The van der Waals surface area contributed by atoms with Gasteiger partial charge in [-0.3, -0.25) is 4.79 Å². The van der Waals surface area contributed by atoms with Crippen molar-refractivity contribution in [3.63, 3.8) is 0 Å². The zero-order valence-electron chi connectivity index (χ0n) is 8.19. The number of hydrogen-bond acceptors (Lipinski definition) is 3. The van der Waals surface area contributed by atoms with Gasteiger partial charge >= 0.3 is 0 Å². The fourth-order valence-corrected chi connectivity index (χ4v) is 1.81. The lowest BCUT2D eigenvalue weighted by Gasteiger charge is -2.09. The van der Waals surface area contributed by atoms with Crippen molar-refractivity contribution in [3.8, 4) is 0 Å². The second kappa shape index (κ2) is 5.78. The summed E-state index contributed by atoms with van der Waals surface area (Å²) in [6, 6.07) is 1.90. The molecule has 0 aliphatic carbocycles. The van der Waals surface area contributed by atoms with Crippen molar-refractivity contribution in [3.05, 3.63) is 22.4 Å². The second-order valence-electron chi connectivity index (χ2n) is 3.06. The van der Waals surface area contributed by atoms with Gasteiger partial charge < -0.3 is 10.4 Å². The Kier molecular flexibility index (Phi) is 4.62. The molecule has 0 fully saturated rings. The van der Waals surface area contributed by atoms with E-state index in [0.29, 0.717) is 19.4 Å². The van der Waals surface area contributed by atoms with E-state index in [-0.39, 0.29) is 5.91 Å². The zero-order valence-corrected chi connectivity index (χ0v) is 9.01. The molecule has 2 N–H and O–H groups in total. The van der Waals surface area contributed by atoms with Crippen LogP contribution in [0.5, 0.6) is 0 Å². The molecule has 1 aromatic rings. The fourth-order valence-electron chi connectivity index (χ4n) is 1.10. The average molecular weight is 213 g/mol.